The number of rotatable bonds is 3. The third-order valence-electron chi connectivity index (χ3n) is 2.48. The van der Waals surface area contributed by atoms with Gasteiger partial charge in [-0.3, -0.25) is 14.3 Å². The van der Waals surface area contributed by atoms with Gasteiger partial charge in [0.15, 0.2) is 15.9 Å². The van der Waals surface area contributed by atoms with Gasteiger partial charge in [0, 0.05) is 20.7 Å². The van der Waals surface area contributed by atoms with E-state index in [1.54, 1.807) is 18.7 Å². The highest BCUT2D eigenvalue weighted by molar-refractivity contribution is 9.10. The van der Waals surface area contributed by atoms with E-state index in [1.807, 2.05) is 0 Å². The first-order chi connectivity index (χ1) is 8.06. The van der Waals surface area contributed by atoms with Crippen molar-refractivity contribution >= 4 is 27.1 Å². The van der Waals surface area contributed by atoms with E-state index in [-0.39, 0.29) is 0 Å². The summed E-state index contributed by atoms with van der Waals surface area (Å²) in [4.78, 5) is 29.6. The zero-order chi connectivity index (χ0) is 12.6. The van der Waals surface area contributed by atoms with Gasteiger partial charge in [-0.25, -0.2) is 9.78 Å². The molecule has 17 heavy (non-hydrogen) atoms. The molecule has 0 saturated heterocycles. The van der Waals surface area contributed by atoms with Crippen molar-refractivity contribution in [2.75, 3.05) is 13.7 Å². The molecule has 2 heterocycles. The van der Waals surface area contributed by atoms with Gasteiger partial charge in [-0.15, -0.1) is 0 Å². The molecule has 0 aromatic carbocycles. The van der Waals surface area contributed by atoms with E-state index in [9.17, 15) is 9.59 Å². The van der Waals surface area contributed by atoms with Crippen LogP contribution in [0.5, 0.6) is 0 Å². The maximum absolute atomic E-state index is 11.8. The van der Waals surface area contributed by atoms with Crippen molar-refractivity contribution in [1.82, 2.24) is 19.1 Å². The molecule has 0 saturated carbocycles. The van der Waals surface area contributed by atoms with E-state index in [2.05, 4.69) is 25.9 Å². The Labute approximate surface area is 104 Å². The Hall–Kier alpha value is -1.41. The standard InChI is InChI=1S/C9H11BrN4O3/c1-13-6-5(7(15)12-9(13)16)14(3-4-17-2)8(10)11-6/h3-4H2,1-2H3,(H,12,15,16). The van der Waals surface area contributed by atoms with Gasteiger partial charge in [-0.2, -0.15) is 0 Å². The molecule has 0 spiro atoms. The Balaban J connectivity index is 2.78. The molecule has 8 heteroatoms. The quantitative estimate of drug-likeness (QED) is 0.798. The molecule has 2 aromatic heterocycles. The molecule has 0 aliphatic heterocycles. The van der Waals surface area contributed by atoms with Crippen LogP contribution in [0, 0.1) is 0 Å². The second-order valence-electron chi connectivity index (χ2n) is 3.52. The van der Waals surface area contributed by atoms with Gasteiger partial charge >= 0.3 is 5.69 Å². The van der Waals surface area contributed by atoms with Gasteiger partial charge in [0.1, 0.15) is 0 Å². The summed E-state index contributed by atoms with van der Waals surface area (Å²) in [7, 11) is 3.13. The summed E-state index contributed by atoms with van der Waals surface area (Å²) >= 11 is 3.26. The van der Waals surface area contributed by atoms with Gasteiger partial charge in [0.05, 0.1) is 6.61 Å². The summed E-state index contributed by atoms with van der Waals surface area (Å²) in [6.45, 7) is 0.932. The van der Waals surface area contributed by atoms with Crippen molar-refractivity contribution in [3.05, 3.63) is 25.6 Å². The fraction of sp³-hybridized carbons (Fsp3) is 0.444. The summed E-state index contributed by atoms with van der Waals surface area (Å²) < 4.78 is 8.42. The summed E-state index contributed by atoms with van der Waals surface area (Å²) in [5.41, 5.74) is -0.221. The van der Waals surface area contributed by atoms with Gasteiger partial charge in [0.2, 0.25) is 0 Å². The number of H-pyrrole nitrogens is 1. The molecule has 0 radical (unpaired) electrons. The predicted octanol–water partition coefficient (Wildman–Crippen LogP) is -0.168. The summed E-state index contributed by atoms with van der Waals surface area (Å²) in [6, 6.07) is 0. The lowest BCUT2D eigenvalue weighted by Crippen LogP contribution is -2.29. The Kier molecular flexibility index (Phi) is 3.16. The Bertz CT molecular complexity index is 669. The third kappa shape index (κ3) is 1.93. The molecule has 7 nitrogen and oxygen atoms in total. The topological polar surface area (TPSA) is 81.9 Å². The van der Waals surface area contributed by atoms with Crippen molar-refractivity contribution in [1.29, 1.82) is 0 Å². The molecule has 0 fully saturated rings. The van der Waals surface area contributed by atoms with Crippen LogP contribution in [0.4, 0.5) is 0 Å². The van der Waals surface area contributed by atoms with E-state index in [4.69, 9.17) is 4.74 Å². The van der Waals surface area contributed by atoms with Crippen molar-refractivity contribution in [3.8, 4) is 0 Å². The van der Waals surface area contributed by atoms with Crippen LogP contribution in [-0.4, -0.2) is 32.8 Å². The Morgan fingerprint density at radius 1 is 1.47 bits per heavy atom. The zero-order valence-electron chi connectivity index (χ0n) is 9.36. The first kappa shape index (κ1) is 12.1. The van der Waals surface area contributed by atoms with Crippen LogP contribution >= 0.6 is 15.9 Å². The van der Waals surface area contributed by atoms with Crippen molar-refractivity contribution in [2.24, 2.45) is 7.05 Å². The largest absolute Gasteiger partial charge is 0.383 e. The van der Waals surface area contributed by atoms with Crippen LogP contribution in [0.2, 0.25) is 0 Å². The first-order valence-electron chi connectivity index (χ1n) is 4.90. The normalized spacial score (nSPS) is 11.2. The Morgan fingerprint density at radius 2 is 2.18 bits per heavy atom. The third-order valence-corrected chi connectivity index (χ3v) is 3.08. The number of imidazole rings is 1. The maximum Gasteiger partial charge on any atom is 0.329 e. The minimum atomic E-state index is -0.480. The number of halogens is 1. The smallest absolute Gasteiger partial charge is 0.329 e. The number of aromatic nitrogens is 4. The van der Waals surface area contributed by atoms with Crippen LogP contribution in [0.1, 0.15) is 0 Å². The molecule has 0 bridgehead atoms. The van der Waals surface area contributed by atoms with E-state index in [1.165, 1.54) is 4.57 Å². The van der Waals surface area contributed by atoms with Crippen LogP contribution in [0.15, 0.2) is 14.3 Å². The summed E-state index contributed by atoms with van der Waals surface area (Å²) in [5.74, 6) is 0. The number of fused-ring (bicyclic) bond motifs is 1. The molecule has 0 aliphatic carbocycles. The van der Waals surface area contributed by atoms with Crippen molar-refractivity contribution in [2.45, 2.75) is 6.54 Å². The van der Waals surface area contributed by atoms with Gasteiger partial charge < -0.3 is 9.30 Å². The number of nitrogens with one attached hydrogen (secondary N) is 1. The van der Waals surface area contributed by atoms with Crippen LogP contribution in [0.25, 0.3) is 11.2 Å². The average Bonchev–Trinajstić information content (AvgIpc) is 2.61. The molecule has 0 unspecified atom stereocenters. The van der Waals surface area contributed by atoms with E-state index < -0.39 is 11.2 Å². The fourth-order valence-corrected chi connectivity index (χ4v) is 2.12. The molecule has 0 atom stereocenters. The number of hydrogen-bond acceptors (Lipinski definition) is 4. The molecule has 92 valence electrons. The van der Waals surface area contributed by atoms with E-state index >= 15 is 0 Å². The SMILES string of the molecule is COCCn1c(Br)nc2c1c(=O)[nH]c(=O)n2C. The number of nitrogens with zero attached hydrogens (tertiary/aromatic N) is 3. The average molecular weight is 303 g/mol. The van der Waals surface area contributed by atoms with Gasteiger partial charge in [0.25, 0.3) is 5.56 Å². The van der Waals surface area contributed by atoms with Crippen LogP contribution < -0.4 is 11.2 Å². The summed E-state index contributed by atoms with van der Waals surface area (Å²) in [5, 5.41) is 0. The van der Waals surface area contributed by atoms with Crippen LogP contribution in [0.3, 0.4) is 0 Å². The summed E-state index contributed by atoms with van der Waals surface area (Å²) in [6.07, 6.45) is 0. The lowest BCUT2D eigenvalue weighted by molar-refractivity contribution is 0.187. The highest BCUT2D eigenvalue weighted by atomic mass is 79.9. The maximum atomic E-state index is 11.8. The monoisotopic (exact) mass is 302 g/mol. The van der Waals surface area contributed by atoms with Gasteiger partial charge in [-0.1, -0.05) is 0 Å². The molecule has 1 N–H and O–H groups in total. The lowest BCUT2D eigenvalue weighted by Gasteiger charge is -2.04. The van der Waals surface area contributed by atoms with E-state index in [0.717, 1.165) is 0 Å². The first-order valence-corrected chi connectivity index (χ1v) is 5.69. The second kappa shape index (κ2) is 4.46. The number of aryl methyl sites for hydroxylation is 1. The lowest BCUT2D eigenvalue weighted by atomic mass is 10.5. The number of hydrogen-bond donors (Lipinski definition) is 1. The zero-order valence-corrected chi connectivity index (χ0v) is 10.9. The van der Waals surface area contributed by atoms with Crippen molar-refractivity contribution in [3.63, 3.8) is 0 Å². The van der Waals surface area contributed by atoms with Crippen LogP contribution in [-0.2, 0) is 18.3 Å². The number of aromatic amines is 1. The number of methoxy groups -OCH3 is 1. The molecule has 0 aliphatic rings. The molecule has 0 amide bonds. The number of ether oxygens (including phenoxy) is 1. The van der Waals surface area contributed by atoms with Gasteiger partial charge in [-0.05, 0) is 15.9 Å². The fourth-order valence-electron chi connectivity index (χ4n) is 1.59. The minimum absolute atomic E-state index is 0.349. The molecular weight excluding hydrogens is 292 g/mol. The molecule has 2 aromatic rings. The van der Waals surface area contributed by atoms with Crippen molar-refractivity contribution < 1.29 is 4.74 Å². The minimum Gasteiger partial charge on any atom is -0.383 e. The Morgan fingerprint density at radius 3 is 2.82 bits per heavy atom. The predicted molar refractivity (Wildman–Crippen MR) is 65.2 cm³/mol. The second-order valence-corrected chi connectivity index (χ2v) is 4.23. The molecular formula is C9H11BrN4O3. The molecule has 2 rings (SSSR count). The van der Waals surface area contributed by atoms with E-state index in [0.29, 0.717) is 29.0 Å². The highest BCUT2D eigenvalue weighted by Crippen LogP contribution is 2.15. The highest BCUT2D eigenvalue weighted by Gasteiger charge is 2.15.